The topological polar surface area (TPSA) is 12.0 Å². The van der Waals surface area contributed by atoms with Crippen molar-refractivity contribution in [3.63, 3.8) is 0 Å². The maximum atomic E-state index is 4.02. The van der Waals surface area contributed by atoms with Crippen LogP contribution in [0.1, 0.15) is 74.6 Å². The quantitative estimate of drug-likeness (QED) is 0.818. The van der Waals surface area contributed by atoms with Gasteiger partial charge in [-0.25, -0.2) is 0 Å². The van der Waals surface area contributed by atoms with E-state index >= 15 is 0 Å². The molecule has 1 saturated carbocycles. The van der Waals surface area contributed by atoms with Crippen molar-refractivity contribution in [2.24, 2.45) is 5.92 Å². The third-order valence-corrected chi connectivity index (χ3v) is 5.45. The van der Waals surface area contributed by atoms with Crippen LogP contribution < -0.4 is 5.32 Å². The van der Waals surface area contributed by atoms with Crippen LogP contribution in [0.4, 0.5) is 0 Å². The lowest BCUT2D eigenvalue weighted by molar-refractivity contribution is 0.245. The van der Waals surface area contributed by atoms with Crippen LogP contribution in [0, 0.1) is 12.8 Å². The minimum atomic E-state index is 0.608. The Labute approximate surface area is 124 Å². The summed E-state index contributed by atoms with van der Waals surface area (Å²) in [7, 11) is 0. The van der Waals surface area contributed by atoms with Crippen LogP contribution in [0.5, 0.6) is 0 Å². The molecule has 2 atom stereocenters. The Morgan fingerprint density at radius 3 is 2.70 bits per heavy atom. The van der Waals surface area contributed by atoms with E-state index in [1.54, 1.807) is 11.1 Å². The molecule has 0 aliphatic heterocycles. The van der Waals surface area contributed by atoms with Crippen LogP contribution in [-0.2, 0) is 6.42 Å². The van der Waals surface area contributed by atoms with Gasteiger partial charge in [0, 0.05) is 12.1 Å². The zero-order chi connectivity index (χ0) is 13.9. The van der Waals surface area contributed by atoms with Crippen molar-refractivity contribution in [1.29, 1.82) is 0 Å². The number of nitrogens with one attached hydrogen (secondary N) is 1. The monoisotopic (exact) mass is 271 g/mol. The van der Waals surface area contributed by atoms with Gasteiger partial charge in [-0.3, -0.25) is 0 Å². The molecule has 0 amide bonds. The summed E-state index contributed by atoms with van der Waals surface area (Å²) in [4.78, 5) is 0. The van der Waals surface area contributed by atoms with Crippen LogP contribution in [0.2, 0.25) is 0 Å². The Morgan fingerprint density at radius 1 is 1.15 bits per heavy atom. The molecule has 2 unspecified atom stereocenters. The third kappa shape index (κ3) is 2.93. The first-order valence-electron chi connectivity index (χ1n) is 8.63. The number of benzene rings is 1. The molecule has 1 aromatic rings. The fourth-order valence-corrected chi connectivity index (χ4v) is 4.28. The predicted molar refractivity (Wildman–Crippen MR) is 86.0 cm³/mol. The Morgan fingerprint density at radius 2 is 1.95 bits per heavy atom. The fraction of sp³-hybridized carbons (Fsp3) is 0.684. The van der Waals surface area contributed by atoms with E-state index in [9.17, 15) is 0 Å². The number of aryl methyl sites for hydroxylation is 2. The van der Waals surface area contributed by atoms with Crippen molar-refractivity contribution in [3.8, 4) is 0 Å². The number of rotatable bonds is 4. The summed E-state index contributed by atoms with van der Waals surface area (Å²) >= 11 is 0. The van der Waals surface area contributed by atoms with Crippen molar-refractivity contribution < 1.29 is 0 Å². The van der Waals surface area contributed by atoms with E-state index in [0.29, 0.717) is 6.04 Å². The van der Waals surface area contributed by atoms with Crippen molar-refractivity contribution in [3.05, 3.63) is 34.9 Å². The standard InChI is InChI=1S/C19H29N/c1-3-18(16-7-5-4-6-8-16)20-19-12-11-15-10-9-14(2)13-17(15)19/h9-10,13,16,18-20H,3-8,11-12H2,1-2H3. The van der Waals surface area contributed by atoms with Gasteiger partial charge in [-0.05, 0) is 56.1 Å². The normalized spacial score (nSPS) is 24.6. The molecule has 0 radical (unpaired) electrons. The number of hydrogen-bond donors (Lipinski definition) is 1. The molecule has 1 heteroatoms. The highest BCUT2D eigenvalue weighted by Crippen LogP contribution is 2.35. The van der Waals surface area contributed by atoms with Crippen molar-refractivity contribution in [2.75, 3.05) is 0 Å². The smallest absolute Gasteiger partial charge is 0.0328 e. The minimum Gasteiger partial charge on any atom is -0.307 e. The van der Waals surface area contributed by atoms with Crippen LogP contribution in [0.25, 0.3) is 0 Å². The Hall–Kier alpha value is -0.820. The van der Waals surface area contributed by atoms with E-state index in [2.05, 4.69) is 37.4 Å². The Balaban J connectivity index is 1.70. The molecular formula is C19H29N. The zero-order valence-electron chi connectivity index (χ0n) is 13.1. The summed E-state index contributed by atoms with van der Waals surface area (Å²) in [6, 6.07) is 8.35. The summed E-state index contributed by atoms with van der Waals surface area (Å²) in [6.45, 7) is 4.58. The van der Waals surface area contributed by atoms with Gasteiger partial charge in [-0.1, -0.05) is 49.9 Å². The van der Waals surface area contributed by atoms with Crippen LogP contribution in [0.15, 0.2) is 18.2 Å². The highest BCUT2D eigenvalue weighted by atomic mass is 15.0. The average Bonchev–Trinajstić information content (AvgIpc) is 2.88. The van der Waals surface area contributed by atoms with Gasteiger partial charge < -0.3 is 5.32 Å². The molecule has 20 heavy (non-hydrogen) atoms. The van der Waals surface area contributed by atoms with Gasteiger partial charge in [0.1, 0.15) is 0 Å². The molecule has 0 aromatic heterocycles. The largest absolute Gasteiger partial charge is 0.307 e. The predicted octanol–water partition coefficient (Wildman–Crippen LogP) is 4.93. The van der Waals surface area contributed by atoms with Crippen molar-refractivity contribution in [2.45, 2.75) is 77.3 Å². The van der Waals surface area contributed by atoms with Crippen molar-refractivity contribution in [1.82, 2.24) is 5.32 Å². The summed E-state index contributed by atoms with van der Waals surface area (Å²) in [6.07, 6.45) is 11.1. The summed E-state index contributed by atoms with van der Waals surface area (Å²) < 4.78 is 0. The van der Waals surface area contributed by atoms with E-state index in [1.807, 2.05) is 0 Å². The zero-order valence-corrected chi connectivity index (χ0v) is 13.1. The molecule has 1 nitrogen and oxygen atoms in total. The van der Waals surface area contributed by atoms with E-state index in [-0.39, 0.29) is 0 Å². The number of hydrogen-bond acceptors (Lipinski definition) is 1. The van der Waals surface area contributed by atoms with E-state index in [0.717, 1.165) is 12.0 Å². The van der Waals surface area contributed by atoms with Gasteiger partial charge in [-0.15, -0.1) is 0 Å². The lowest BCUT2D eigenvalue weighted by Crippen LogP contribution is -2.38. The lowest BCUT2D eigenvalue weighted by Gasteiger charge is -2.33. The molecule has 1 N–H and O–H groups in total. The van der Waals surface area contributed by atoms with Gasteiger partial charge >= 0.3 is 0 Å². The lowest BCUT2D eigenvalue weighted by atomic mass is 9.82. The molecule has 2 aliphatic carbocycles. The molecule has 3 rings (SSSR count). The fourth-order valence-electron chi connectivity index (χ4n) is 4.28. The second kappa shape index (κ2) is 6.30. The first kappa shape index (κ1) is 14.1. The van der Waals surface area contributed by atoms with Gasteiger partial charge in [0.05, 0.1) is 0 Å². The Kier molecular flexibility index (Phi) is 4.45. The first-order valence-corrected chi connectivity index (χ1v) is 8.63. The molecule has 1 aromatic carbocycles. The SMILES string of the molecule is CCC(NC1CCc2ccc(C)cc21)C1CCCCC1. The minimum absolute atomic E-state index is 0.608. The summed E-state index contributed by atoms with van der Waals surface area (Å²) in [5.74, 6) is 0.919. The summed E-state index contributed by atoms with van der Waals surface area (Å²) in [5.41, 5.74) is 4.56. The van der Waals surface area contributed by atoms with Gasteiger partial charge in [0.15, 0.2) is 0 Å². The molecule has 0 saturated heterocycles. The second-order valence-electron chi connectivity index (χ2n) is 6.87. The van der Waals surface area contributed by atoms with Crippen LogP contribution >= 0.6 is 0 Å². The van der Waals surface area contributed by atoms with E-state index < -0.39 is 0 Å². The van der Waals surface area contributed by atoms with Crippen LogP contribution in [-0.4, -0.2) is 6.04 Å². The molecule has 0 bridgehead atoms. The highest BCUT2D eigenvalue weighted by molar-refractivity contribution is 5.37. The Bertz CT molecular complexity index is 445. The molecule has 110 valence electrons. The molecule has 0 heterocycles. The second-order valence-corrected chi connectivity index (χ2v) is 6.87. The third-order valence-electron chi connectivity index (χ3n) is 5.45. The maximum absolute atomic E-state index is 4.02. The molecule has 1 fully saturated rings. The molecule has 2 aliphatic rings. The van der Waals surface area contributed by atoms with Gasteiger partial charge in [-0.2, -0.15) is 0 Å². The average molecular weight is 271 g/mol. The maximum Gasteiger partial charge on any atom is 0.0328 e. The van der Waals surface area contributed by atoms with Gasteiger partial charge in [0.25, 0.3) is 0 Å². The van der Waals surface area contributed by atoms with E-state index in [4.69, 9.17) is 0 Å². The van der Waals surface area contributed by atoms with E-state index in [1.165, 1.54) is 56.9 Å². The van der Waals surface area contributed by atoms with Gasteiger partial charge in [0.2, 0.25) is 0 Å². The highest BCUT2D eigenvalue weighted by Gasteiger charge is 2.28. The first-order chi connectivity index (χ1) is 9.78. The van der Waals surface area contributed by atoms with Crippen molar-refractivity contribution >= 4 is 0 Å². The number of fused-ring (bicyclic) bond motifs is 1. The molecule has 0 spiro atoms. The van der Waals surface area contributed by atoms with Crippen LogP contribution in [0.3, 0.4) is 0 Å². The summed E-state index contributed by atoms with van der Waals surface area (Å²) in [5, 5.41) is 4.02. The molecular weight excluding hydrogens is 242 g/mol.